The zero-order chi connectivity index (χ0) is 25.4. The van der Waals surface area contributed by atoms with Crippen LogP contribution in [0.25, 0.3) is 5.69 Å². The summed E-state index contributed by atoms with van der Waals surface area (Å²) in [6.45, 7) is 7.77. The van der Waals surface area contributed by atoms with Gasteiger partial charge in [0.05, 0.1) is 31.4 Å². The number of esters is 1. The predicted octanol–water partition coefficient (Wildman–Crippen LogP) is 4.82. The van der Waals surface area contributed by atoms with E-state index in [4.69, 9.17) is 26.8 Å². The van der Waals surface area contributed by atoms with Crippen LogP contribution in [0.15, 0.2) is 84.2 Å². The molecule has 3 N–H and O–H groups in total. The van der Waals surface area contributed by atoms with Crippen molar-refractivity contribution in [3.8, 4) is 11.4 Å². The van der Waals surface area contributed by atoms with E-state index in [2.05, 4.69) is 21.9 Å². The molecular formula is C26H28ClN5O3. The number of nitrogens with one attached hydrogen (secondary N) is 1. The highest BCUT2D eigenvalue weighted by atomic mass is 35.5. The van der Waals surface area contributed by atoms with Crippen LogP contribution >= 0.6 is 11.6 Å². The maximum Gasteiger partial charge on any atom is 0.357 e. The quantitative estimate of drug-likeness (QED) is 0.310. The summed E-state index contributed by atoms with van der Waals surface area (Å²) < 4.78 is 12.5. The van der Waals surface area contributed by atoms with Gasteiger partial charge in [0, 0.05) is 35.1 Å². The van der Waals surface area contributed by atoms with E-state index in [-0.39, 0.29) is 18.1 Å². The number of aryl methyl sites for hydroxylation is 1. The fourth-order valence-corrected chi connectivity index (χ4v) is 3.39. The molecule has 9 heteroatoms. The van der Waals surface area contributed by atoms with Crippen molar-refractivity contribution < 1.29 is 14.3 Å². The minimum atomic E-state index is -0.599. The number of rotatable bonds is 10. The number of hydrogen-bond donors (Lipinski definition) is 2. The summed E-state index contributed by atoms with van der Waals surface area (Å²) in [6.07, 6.45) is 5.53. The first-order valence-corrected chi connectivity index (χ1v) is 11.3. The summed E-state index contributed by atoms with van der Waals surface area (Å²) in [7, 11) is 1.59. The molecule has 3 rings (SSSR count). The number of allylic oxidation sites excluding steroid dienone is 1. The summed E-state index contributed by atoms with van der Waals surface area (Å²) in [5.74, 6) is 0.261. The molecule has 0 amide bonds. The first kappa shape index (κ1) is 25.6. The summed E-state index contributed by atoms with van der Waals surface area (Å²) >= 11 is 5.94. The number of carbonyl (C=O) groups is 1. The van der Waals surface area contributed by atoms with Gasteiger partial charge in [0.2, 0.25) is 0 Å². The fraction of sp³-hybridized carbons (Fsp3) is 0.192. The largest absolute Gasteiger partial charge is 0.494 e. The number of nitrogens with two attached hydrogens (primary N) is 1. The predicted molar refractivity (Wildman–Crippen MR) is 139 cm³/mol. The Labute approximate surface area is 209 Å². The molecule has 35 heavy (non-hydrogen) atoms. The van der Waals surface area contributed by atoms with Crippen LogP contribution in [0, 0.1) is 6.92 Å². The number of aliphatic imine (C=N–C) groups is 1. The number of carbonyl (C=O) groups excluding carboxylic acids is 1. The first-order chi connectivity index (χ1) is 16.8. The normalized spacial score (nSPS) is 11.8. The van der Waals surface area contributed by atoms with Crippen molar-refractivity contribution in [2.75, 3.05) is 19.0 Å². The lowest BCUT2D eigenvalue weighted by atomic mass is 10.1. The first-order valence-electron chi connectivity index (χ1n) is 10.9. The molecule has 1 heterocycles. The van der Waals surface area contributed by atoms with Crippen LogP contribution in [0.1, 0.15) is 18.2 Å². The molecule has 3 aromatic rings. The van der Waals surface area contributed by atoms with E-state index in [9.17, 15) is 4.79 Å². The molecule has 0 atom stereocenters. The zero-order valence-corrected chi connectivity index (χ0v) is 20.7. The minimum absolute atomic E-state index is 0.0355. The highest BCUT2D eigenvalue weighted by molar-refractivity contribution is 6.41. The van der Waals surface area contributed by atoms with Gasteiger partial charge in [-0.2, -0.15) is 0 Å². The molecule has 0 aliphatic carbocycles. The monoisotopic (exact) mass is 493 g/mol. The molecule has 0 radical (unpaired) electrons. The average molecular weight is 494 g/mol. The Morgan fingerprint density at radius 3 is 2.66 bits per heavy atom. The lowest BCUT2D eigenvalue weighted by molar-refractivity contribution is -0.134. The number of anilines is 1. The molecule has 0 saturated carbocycles. The van der Waals surface area contributed by atoms with Gasteiger partial charge < -0.3 is 25.1 Å². The van der Waals surface area contributed by atoms with E-state index < -0.39 is 5.97 Å². The van der Waals surface area contributed by atoms with E-state index in [1.54, 1.807) is 38.6 Å². The fourth-order valence-electron chi connectivity index (χ4n) is 3.27. The van der Waals surface area contributed by atoms with E-state index in [1.807, 2.05) is 42.0 Å². The standard InChI is InChI=1S/C26H28ClN5O3/c1-5-35-26(33)23(13-21(28)12-19-6-8-20(27)9-7-19)31-18(3)30-22-10-11-24(25(14-22)34-4)32-15-17(2)29-16-32/h6-11,13-16,30H,3,5,12,28H2,1-2,4H3/b21-13-,31-23+. The maximum absolute atomic E-state index is 12.5. The average Bonchev–Trinajstić information content (AvgIpc) is 3.26. The number of nitrogens with zero attached hydrogens (tertiary/aromatic N) is 3. The highest BCUT2D eigenvalue weighted by Gasteiger charge is 2.13. The van der Waals surface area contributed by atoms with Gasteiger partial charge in [-0.05, 0) is 49.8 Å². The smallest absolute Gasteiger partial charge is 0.357 e. The van der Waals surface area contributed by atoms with Crippen molar-refractivity contribution in [2.45, 2.75) is 20.3 Å². The number of aromatic nitrogens is 2. The van der Waals surface area contributed by atoms with Gasteiger partial charge in [0.1, 0.15) is 11.6 Å². The third-order valence-electron chi connectivity index (χ3n) is 4.84. The van der Waals surface area contributed by atoms with Gasteiger partial charge in [0.25, 0.3) is 0 Å². The number of halogens is 1. The Hall–Kier alpha value is -4.04. The summed E-state index contributed by atoms with van der Waals surface area (Å²) in [5, 5.41) is 3.71. The minimum Gasteiger partial charge on any atom is -0.494 e. The Bertz CT molecular complexity index is 1260. The van der Waals surface area contributed by atoms with Gasteiger partial charge in [0.15, 0.2) is 5.71 Å². The Kier molecular flexibility index (Phi) is 8.69. The van der Waals surface area contributed by atoms with E-state index in [1.165, 1.54) is 6.08 Å². The molecule has 182 valence electrons. The molecule has 0 unspecified atom stereocenters. The molecule has 1 aromatic heterocycles. The van der Waals surface area contributed by atoms with Gasteiger partial charge in [-0.1, -0.05) is 30.3 Å². The van der Waals surface area contributed by atoms with Crippen molar-refractivity contribution >= 4 is 29.0 Å². The number of methoxy groups -OCH3 is 1. The van der Waals surface area contributed by atoms with Crippen molar-refractivity contribution in [3.05, 3.63) is 95.4 Å². The molecule has 0 bridgehead atoms. The van der Waals surface area contributed by atoms with Crippen LogP contribution < -0.4 is 15.8 Å². The van der Waals surface area contributed by atoms with E-state index in [0.717, 1.165) is 16.9 Å². The number of hydrogen-bond acceptors (Lipinski definition) is 7. The number of ether oxygens (including phenoxy) is 2. The third-order valence-corrected chi connectivity index (χ3v) is 5.09. The van der Waals surface area contributed by atoms with Crippen LogP contribution in [-0.2, 0) is 16.0 Å². The molecule has 0 aliphatic rings. The van der Waals surface area contributed by atoms with Crippen LogP contribution in [0.5, 0.6) is 5.75 Å². The summed E-state index contributed by atoms with van der Waals surface area (Å²) in [5.41, 5.74) is 10.0. The number of imidazole rings is 1. The Morgan fingerprint density at radius 2 is 2.03 bits per heavy atom. The van der Waals surface area contributed by atoms with Gasteiger partial charge in [-0.3, -0.25) is 0 Å². The van der Waals surface area contributed by atoms with Crippen LogP contribution in [0.4, 0.5) is 5.69 Å². The summed E-state index contributed by atoms with van der Waals surface area (Å²) in [6, 6.07) is 12.8. The number of benzene rings is 2. The highest BCUT2D eigenvalue weighted by Crippen LogP contribution is 2.27. The molecule has 0 spiro atoms. The van der Waals surface area contributed by atoms with E-state index >= 15 is 0 Å². The summed E-state index contributed by atoms with van der Waals surface area (Å²) in [4.78, 5) is 21.1. The van der Waals surface area contributed by atoms with Crippen molar-refractivity contribution in [1.29, 1.82) is 0 Å². The molecule has 0 saturated heterocycles. The molecule has 0 fully saturated rings. The molecule has 2 aromatic carbocycles. The van der Waals surface area contributed by atoms with Crippen molar-refractivity contribution in [3.63, 3.8) is 0 Å². The van der Waals surface area contributed by atoms with Crippen LogP contribution in [-0.4, -0.2) is 34.9 Å². The molecular weight excluding hydrogens is 466 g/mol. The second kappa shape index (κ2) is 11.9. The van der Waals surface area contributed by atoms with Crippen molar-refractivity contribution in [1.82, 2.24) is 9.55 Å². The maximum atomic E-state index is 12.5. The van der Waals surface area contributed by atoms with Gasteiger partial charge >= 0.3 is 5.97 Å². The lowest BCUT2D eigenvalue weighted by Gasteiger charge is -2.13. The SMILES string of the molecule is C=C(/N=C(\C=C(/N)Cc1ccc(Cl)cc1)C(=O)OCC)Nc1ccc(-n2cnc(C)c2)c(OC)c1. The second-order valence-electron chi connectivity index (χ2n) is 7.62. The van der Waals surface area contributed by atoms with Crippen LogP contribution in [0.2, 0.25) is 5.02 Å². The van der Waals surface area contributed by atoms with Gasteiger partial charge in [-0.15, -0.1) is 0 Å². The van der Waals surface area contributed by atoms with E-state index in [0.29, 0.717) is 28.6 Å². The van der Waals surface area contributed by atoms with Crippen LogP contribution in [0.3, 0.4) is 0 Å². The molecule has 8 nitrogen and oxygen atoms in total. The Morgan fingerprint density at radius 1 is 1.29 bits per heavy atom. The third kappa shape index (κ3) is 7.22. The van der Waals surface area contributed by atoms with Crippen molar-refractivity contribution in [2.24, 2.45) is 10.7 Å². The Balaban J connectivity index is 1.80. The zero-order valence-electron chi connectivity index (χ0n) is 19.9. The molecule has 0 aliphatic heterocycles. The second-order valence-corrected chi connectivity index (χ2v) is 8.06. The lowest BCUT2D eigenvalue weighted by Crippen LogP contribution is -2.19. The topological polar surface area (TPSA) is 104 Å². The van der Waals surface area contributed by atoms with Gasteiger partial charge in [-0.25, -0.2) is 14.8 Å².